The summed E-state index contributed by atoms with van der Waals surface area (Å²) in [6.45, 7) is 7.82. The summed E-state index contributed by atoms with van der Waals surface area (Å²) >= 11 is 2.02. The number of fused-ring (bicyclic) bond motifs is 1. The molecule has 2 nitrogen and oxygen atoms in total. The molecular formula is C18H28N2S. The molecule has 0 saturated carbocycles. The van der Waals surface area contributed by atoms with Gasteiger partial charge in [0.15, 0.2) is 0 Å². The third-order valence-electron chi connectivity index (χ3n) is 3.78. The first-order chi connectivity index (χ1) is 10.4. The minimum atomic E-state index is 1.12. The zero-order valence-electron chi connectivity index (χ0n) is 13.4. The zero-order valence-corrected chi connectivity index (χ0v) is 14.2. The number of rotatable bonds is 10. The molecule has 0 radical (unpaired) electrons. The third-order valence-corrected chi connectivity index (χ3v) is 4.66. The molecule has 0 aliphatic heterocycles. The van der Waals surface area contributed by atoms with Crippen LogP contribution in [0.2, 0.25) is 0 Å². The van der Waals surface area contributed by atoms with Crippen LogP contribution in [0.3, 0.4) is 0 Å². The van der Waals surface area contributed by atoms with Crippen molar-refractivity contribution in [2.24, 2.45) is 0 Å². The van der Waals surface area contributed by atoms with Gasteiger partial charge in [0.05, 0.1) is 0 Å². The molecule has 1 N–H and O–H groups in total. The minimum absolute atomic E-state index is 1.12. The Kier molecular flexibility index (Phi) is 7.17. The fraction of sp³-hybridized carbons (Fsp3) is 0.556. The highest BCUT2D eigenvalue weighted by molar-refractivity contribution is 7.99. The van der Waals surface area contributed by atoms with E-state index in [1.165, 1.54) is 47.2 Å². The Labute approximate surface area is 133 Å². The highest BCUT2D eigenvalue weighted by Crippen LogP contribution is 2.23. The maximum Gasteiger partial charge on any atom is 0.0483 e. The van der Waals surface area contributed by atoms with Gasteiger partial charge in [-0.25, -0.2) is 0 Å². The first kappa shape index (κ1) is 16.4. The van der Waals surface area contributed by atoms with Crippen LogP contribution >= 0.6 is 11.8 Å². The summed E-state index contributed by atoms with van der Waals surface area (Å²) in [4.78, 5) is 0. The van der Waals surface area contributed by atoms with Crippen molar-refractivity contribution in [2.45, 2.75) is 39.7 Å². The zero-order chi connectivity index (χ0) is 14.9. The van der Waals surface area contributed by atoms with Crippen molar-refractivity contribution in [1.82, 2.24) is 9.88 Å². The number of aryl methyl sites for hydroxylation is 2. The predicted octanol–water partition coefficient (Wildman–Crippen LogP) is 4.33. The largest absolute Gasteiger partial charge is 0.346 e. The molecule has 0 spiro atoms. The molecule has 2 rings (SSSR count). The number of para-hydroxylation sites is 1. The topological polar surface area (TPSA) is 17.0 Å². The molecule has 0 fully saturated rings. The molecule has 0 aliphatic carbocycles. The second-order valence-electron chi connectivity index (χ2n) is 5.42. The van der Waals surface area contributed by atoms with E-state index < -0.39 is 0 Å². The maximum atomic E-state index is 3.49. The summed E-state index contributed by atoms with van der Waals surface area (Å²) < 4.78 is 2.44. The number of benzene rings is 1. The Morgan fingerprint density at radius 1 is 1.14 bits per heavy atom. The molecule has 0 bridgehead atoms. The first-order valence-corrected chi connectivity index (χ1v) is 9.37. The summed E-state index contributed by atoms with van der Waals surface area (Å²) in [7, 11) is 0. The highest BCUT2D eigenvalue weighted by Gasteiger charge is 2.07. The Hall–Kier alpha value is -0.930. The van der Waals surface area contributed by atoms with E-state index in [4.69, 9.17) is 0 Å². The lowest BCUT2D eigenvalue weighted by Crippen LogP contribution is -2.16. The van der Waals surface area contributed by atoms with Crippen LogP contribution in [0.15, 0.2) is 30.5 Å². The molecule has 0 saturated heterocycles. The van der Waals surface area contributed by atoms with E-state index in [0.717, 1.165) is 19.6 Å². The SMILES string of the molecule is CCCNCCCc1cn(CCSCC)c2ccccc12. The normalized spacial score (nSPS) is 11.3. The molecule has 0 atom stereocenters. The van der Waals surface area contributed by atoms with Crippen LogP contribution in [0.25, 0.3) is 10.9 Å². The molecule has 3 heteroatoms. The van der Waals surface area contributed by atoms with Crippen LogP contribution in [-0.2, 0) is 13.0 Å². The molecule has 21 heavy (non-hydrogen) atoms. The first-order valence-electron chi connectivity index (χ1n) is 8.22. The average Bonchev–Trinajstić information content (AvgIpc) is 2.86. The van der Waals surface area contributed by atoms with Crippen LogP contribution in [0.5, 0.6) is 0 Å². The Morgan fingerprint density at radius 3 is 2.81 bits per heavy atom. The lowest BCUT2D eigenvalue weighted by atomic mass is 10.1. The van der Waals surface area contributed by atoms with Gasteiger partial charge in [0.25, 0.3) is 0 Å². The maximum absolute atomic E-state index is 3.49. The third kappa shape index (κ3) is 4.79. The van der Waals surface area contributed by atoms with Gasteiger partial charge in [0.2, 0.25) is 0 Å². The van der Waals surface area contributed by atoms with E-state index in [1.54, 1.807) is 0 Å². The predicted molar refractivity (Wildman–Crippen MR) is 96.4 cm³/mol. The van der Waals surface area contributed by atoms with Gasteiger partial charge in [-0.05, 0) is 49.7 Å². The molecule has 0 aliphatic rings. The van der Waals surface area contributed by atoms with E-state index in [2.05, 4.69) is 54.2 Å². The molecule has 1 aromatic heterocycles. The second kappa shape index (κ2) is 9.16. The summed E-state index contributed by atoms with van der Waals surface area (Å²) in [5.41, 5.74) is 2.90. The average molecular weight is 305 g/mol. The number of nitrogens with zero attached hydrogens (tertiary/aromatic N) is 1. The monoisotopic (exact) mass is 304 g/mol. The molecule has 1 aromatic carbocycles. The van der Waals surface area contributed by atoms with E-state index >= 15 is 0 Å². The van der Waals surface area contributed by atoms with Crippen molar-refractivity contribution in [3.05, 3.63) is 36.0 Å². The van der Waals surface area contributed by atoms with Crippen molar-refractivity contribution in [2.75, 3.05) is 24.6 Å². The van der Waals surface area contributed by atoms with Crippen molar-refractivity contribution in [1.29, 1.82) is 0 Å². The van der Waals surface area contributed by atoms with Gasteiger partial charge in [-0.15, -0.1) is 0 Å². The standard InChI is InChI=1S/C18H28N2S/c1-3-11-19-12-7-8-16-15-20(13-14-21-4-2)18-10-6-5-9-17(16)18/h5-6,9-10,15,19H,3-4,7-8,11-14H2,1-2H3. The van der Waals surface area contributed by atoms with E-state index in [-0.39, 0.29) is 0 Å². The second-order valence-corrected chi connectivity index (χ2v) is 6.81. The molecule has 1 heterocycles. The summed E-state index contributed by atoms with van der Waals surface area (Å²) in [5, 5.41) is 4.93. The summed E-state index contributed by atoms with van der Waals surface area (Å²) in [5.74, 6) is 2.40. The van der Waals surface area contributed by atoms with Gasteiger partial charge in [0, 0.05) is 29.4 Å². The van der Waals surface area contributed by atoms with Gasteiger partial charge < -0.3 is 9.88 Å². The van der Waals surface area contributed by atoms with E-state index in [9.17, 15) is 0 Å². The van der Waals surface area contributed by atoms with Crippen molar-refractivity contribution >= 4 is 22.7 Å². The van der Waals surface area contributed by atoms with Crippen LogP contribution < -0.4 is 5.32 Å². The Balaban J connectivity index is 2.01. The van der Waals surface area contributed by atoms with Crippen LogP contribution in [-0.4, -0.2) is 29.2 Å². The van der Waals surface area contributed by atoms with Gasteiger partial charge >= 0.3 is 0 Å². The van der Waals surface area contributed by atoms with Crippen LogP contribution in [0, 0.1) is 0 Å². The van der Waals surface area contributed by atoms with E-state index in [0.29, 0.717) is 0 Å². The lowest BCUT2D eigenvalue weighted by Gasteiger charge is -2.03. The minimum Gasteiger partial charge on any atom is -0.346 e. The number of hydrogen-bond donors (Lipinski definition) is 1. The van der Waals surface area contributed by atoms with Gasteiger partial charge in [0.1, 0.15) is 0 Å². The molecule has 2 aromatic rings. The van der Waals surface area contributed by atoms with Gasteiger partial charge in [-0.1, -0.05) is 32.0 Å². The van der Waals surface area contributed by atoms with Gasteiger partial charge in [-0.3, -0.25) is 0 Å². The molecule has 116 valence electrons. The Bertz CT molecular complexity index is 533. The summed E-state index contributed by atoms with van der Waals surface area (Å²) in [6.07, 6.45) is 5.98. The molecule has 0 amide bonds. The van der Waals surface area contributed by atoms with Crippen molar-refractivity contribution in [3.63, 3.8) is 0 Å². The van der Waals surface area contributed by atoms with Crippen molar-refractivity contribution in [3.8, 4) is 0 Å². The number of nitrogens with one attached hydrogen (secondary N) is 1. The smallest absolute Gasteiger partial charge is 0.0483 e. The number of thioether (sulfide) groups is 1. The van der Waals surface area contributed by atoms with Gasteiger partial charge in [-0.2, -0.15) is 11.8 Å². The Morgan fingerprint density at radius 2 is 2.00 bits per heavy atom. The van der Waals surface area contributed by atoms with Crippen molar-refractivity contribution < 1.29 is 0 Å². The molecule has 0 unspecified atom stereocenters. The highest BCUT2D eigenvalue weighted by atomic mass is 32.2. The lowest BCUT2D eigenvalue weighted by molar-refractivity contribution is 0.640. The summed E-state index contributed by atoms with van der Waals surface area (Å²) in [6, 6.07) is 8.84. The fourth-order valence-electron chi connectivity index (χ4n) is 2.72. The number of aromatic nitrogens is 1. The number of hydrogen-bond acceptors (Lipinski definition) is 2. The van der Waals surface area contributed by atoms with Crippen LogP contribution in [0.1, 0.15) is 32.3 Å². The molecular weight excluding hydrogens is 276 g/mol. The fourth-order valence-corrected chi connectivity index (χ4v) is 3.33. The quantitative estimate of drug-likeness (QED) is 0.658. The van der Waals surface area contributed by atoms with E-state index in [1.807, 2.05) is 11.8 Å². The van der Waals surface area contributed by atoms with Crippen LogP contribution in [0.4, 0.5) is 0 Å².